The van der Waals surface area contributed by atoms with Crippen LogP contribution in [0.15, 0.2) is 60.7 Å². The van der Waals surface area contributed by atoms with Gasteiger partial charge in [-0.3, -0.25) is 4.90 Å². The summed E-state index contributed by atoms with van der Waals surface area (Å²) in [6.07, 6.45) is 0.653. The highest BCUT2D eigenvalue weighted by atomic mass is 19.1. The Labute approximate surface area is 207 Å². The number of carbonyl (C=O) groups is 1. The molecule has 1 aromatic heterocycles. The van der Waals surface area contributed by atoms with E-state index in [0.717, 1.165) is 16.5 Å². The third-order valence-corrected chi connectivity index (χ3v) is 6.71. The molecule has 0 saturated carbocycles. The maximum Gasteiger partial charge on any atom is 0.337 e. The predicted octanol–water partition coefficient (Wildman–Crippen LogP) is 6.60. The number of nitrogens with one attached hydrogen (secondary N) is 1. The van der Waals surface area contributed by atoms with Crippen LogP contribution in [0, 0.1) is 11.6 Å². The lowest BCUT2D eigenvalue weighted by atomic mass is 9.89. The van der Waals surface area contributed by atoms with Crippen molar-refractivity contribution in [3.63, 3.8) is 0 Å². The summed E-state index contributed by atoms with van der Waals surface area (Å²) in [6, 6.07) is 15.9. The Morgan fingerprint density at radius 2 is 1.72 bits per heavy atom. The molecule has 0 radical (unpaired) electrons. The molecule has 0 aliphatic carbocycles. The third kappa shape index (κ3) is 4.39. The van der Waals surface area contributed by atoms with Gasteiger partial charge < -0.3 is 9.72 Å². The lowest BCUT2D eigenvalue weighted by Crippen LogP contribution is -2.43. The molecule has 7 heteroatoms. The van der Waals surface area contributed by atoms with Crippen LogP contribution in [0.4, 0.5) is 13.2 Å². The van der Waals surface area contributed by atoms with Crippen molar-refractivity contribution in [1.82, 2.24) is 9.88 Å². The SMILES string of the molecule is COC(=O)c1ccc(-c2cc(F)c(C3c4[nH]c5ccccc5c4CCN3CC(C)(C)F)c(F)c2)cc1. The molecule has 4 aromatic rings. The van der Waals surface area contributed by atoms with Gasteiger partial charge in [0.2, 0.25) is 0 Å². The minimum atomic E-state index is -1.55. The van der Waals surface area contributed by atoms with Crippen molar-refractivity contribution in [3.05, 3.63) is 94.7 Å². The van der Waals surface area contributed by atoms with Crippen LogP contribution in [0.3, 0.4) is 0 Å². The maximum absolute atomic E-state index is 15.8. The van der Waals surface area contributed by atoms with Crippen LogP contribution in [-0.4, -0.2) is 41.7 Å². The number of fused-ring (bicyclic) bond motifs is 3. The van der Waals surface area contributed by atoms with Crippen LogP contribution < -0.4 is 0 Å². The summed E-state index contributed by atoms with van der Waals surface area (Å²) < 4.78 is 51.0. The molecule has 0 amide bonds. The van der Waals surface area contributed by atoms with E-state index in [9.17, 15) is 9.18 Å². The van der Waals surface area contributed by atoms with Crippen LogP contribution in [0.5, 0.6) is 0 Å². The molecule has 3 aromatic carbocycles. The second-order valence-corrected chi connectivity index (χ2v) is 9.83. The summed E-state index contributed by atoms with van der Waals surface area (Å²) in [5, 5.41) is 1.01. The number of benzene rings is 3. The summed E-state index contributed by atoms with van der Waals surface area (Å²) in [5.74, 6) is -1.91. The molecular formula is C29H27F3N2O2. The van der Waals surface area contributed by atoms with E-state index in [0.29, 0.717) is 35.3 Å². The summed E-state index contributed by atoms with van der Waals surface area (Å²) >= 11 is 0. The molecule has 5 rings (SSSR count). The van der Waals surface area contributed by atoms with E-state index in [-0.39, 0.29) is 12.1 Å². The first-order chi connectivity index (χ1) is 17.2. The fraction of sp³-hybridized carbons (Fsp3) is 0.276. The monoisotopic (exact) mass is 492 g/mol. The van der Waals surface area contributed by atoms with Gasteiger partial charge in [0.05, 0.1) is 18.7 Å². The number of aromatic amines is 1. The number of H-pyrrole nitrogens is 1. The molecule has 1 aliphatic heterocycles. The van der Waals surface area contributed by atoms with Crippen molar-refractivity contribution in [1.29, 1.82) is 0 Å². The van der Waals surface area contributed by atoms with Gasteiger partial charge in [-0.25, -0.2) is 18.0 Å². The number of alkyl halides is 1. The number of halogens is 3. The van der Waals surface area contributed by atoms with Crippen LogP contribution in [0.1, 0.15) is 47.1 Å². The van der Waals surface area contributed by atoms with E-state index in [2.05, 4.69) is 4.98 Å². The highest BCUT2D eigenvalue weighted by Gasteiger charge is 2.37. The number of para-hydroxylation sites is 1. The summed E-state index contributed by atoms with van der Waals surface area (Å²) in [4.78, 5) is 16.9. The van der Waals surface area contributed by atoms with Gasteiger partial charge in [0, 0.05) is 35.2 Å². The number of nitrogens with zero attached hydrogens (tertiary/aromatic N) is 1. The average Bonchev–Trinajstić information content (AvgIpc) is 3.22. The van der Waals surface area contributed by atoms with Gasteiger partial charge in [0.1, 0.15) is 17.3 Å². The molecule has 1 unspecified atom stereocenters. The summed E-state index contributed by atoms with van der Waals surface area (Å²) in [7, 11) is 1.29. The van der Waals surface area contributed by atoms with Gasteiger partial charge in [-0.15, -0.1) is 0 Å². The van der Waals surface area contributed by atoms with Crippen molar-refractivity contribution in [2.24, 2.45) is 0 Å². The number of rotatable bonds is 5. The lowest BCUT2D eigenvalue weighted by molar-refractivity contribution is 0.0600. The molecule has 1 atom stereocenters. The number of carbonyl (C=O) groups excluding carboxylic acids is 1. The van der Waals surface area contributed by atoms with Crippen LogP contribution in [0.25, 0.3) is 22.0 Å². The van der Waals surface area contributed by atoms with Gasteiger partial charge in [-0.2, -0.15) is 0 Å². The van der Waals surface area contributed by atoms with Gasteiger partial charge in [-0.05, 0) is 67.3 Å². The van der Waals surface area contributed by atoms with Crippen molar-refractivity contribution >= 4 is 16.9 Å². The van der Waals surface area contributed by atoms with Crippen LogP contribution >= 0.6 is 0 Å². The molecule has 0 bridgehead atoms. The second kappa shape index (κ2) is 9.13. The first kappa shape index (κ1) is 24.1. The van der Waals surface area contributed by atoms with E-state index in [1.165, 1.54) is 33.1 Å². The van der Waals surface area contributed by atoms with E-state index < -0.39 is 29.3 Å². The fourth-order valence-corrected chi connectivity index (χ4v) is 5.20. The minimum Gasteiger partial charge on any atom is -0.465 e. The molecule has 0 saturated heterocycles. The van der Waals surface area contributed by atoms with Crippen molar-refractivity contribution < 1.29 is 22.7 Å². The molecule has 1 aliphatic rings. The highest BCUT2D eigenvalue weighted by Crippen LogP contribution is 2.42. The van der Waals surface area contributed by atoms with Gasteiger partial charge in [0.15, 0.2) is 0 Å². The third-order valence-electron chi connectivity index (χ3n) is 6.71. The molecule has 0 spiro atoms. The second-order valence-electron chi connectivity index (χ2n) is 9.83. The predicted molar refractivity (Wildman–Crippen MR) is 134 cm³/mol. The molecule has 1 N–H and O–H groups in total. The number of methoxy groups -OCH3 is 1. The molecular weight excluding hydrogens is 465 g/mol. The highest BCUT2D eigenvalue weighted by molar-refractivity contribution is 5.90. The maximum atomic E-state index is 15.8. The van der Waals surface area contributed by atoms with E-state index in [4.69, 9.17) is 4.74 Å². The van der Waals surface area contributed by atoms with Gasteiger partial charge >= 0.3 is 5.97 Å². The Bertz CT molecular complexity index is 1410. The number of aromatic nitrogens is 1. The van der Waals surface area contributed by atoms with E-state index in [1.54, 1.807) is 24.3 Å². The first-order valence-corrected chi connectivity index (χ1v) is 11.9. The van der Waals surface area contributed by atoms with Crippen LogP contribution in [-0.2, 0) is 11.2 Å². The smallest absolute Gasteiger partial charge is 0.337 e. The first-order valence-electron chi connectivity index (χ1n) is 11.9. The number of esters is 1. The largest absolute Gasteiger partial charge is 0.465 e. The zero-order chi connectivity index (χ0) is 25.6. The van der Waals surface area contributed by atoms with E-state index in [1.807, 2.05) is 29.2 Å². The minimum absolute atomic E-state index is 0.0299. The molecule has 0 fully saturated rings. The topological polar surface area (TPSA) is 45.3 Å². The lowest BCUT2D eigenvalue weighted by Gasteiger charge is -2.38. The molecule has 2 heterocycles. The Morgan fingerprint density at radius 1 is 1.06 bits per heavy atom. The Balaban J connectivity index is 1.61. The zero-order valence-corrected chi connectivity index (χ0v) is 20.4. The standard InChI is InChI=1S/C29H27F3N2O2/c1-29(2,32)16-34-13-12-21-20-6-4-5-7-24(20)33-26(21)27(34)25-22(30)14-19(15-23(25)31)17-8-10-18(11-9-17)28(35)36-3/h4-11,14-15,27,33H,12-13,16H2,1-3H3. The normalized spacial score (nSPS) is 16.2. The molecule has 186 valence electrons. The molecule has 4 nitrogen and oxygen atoms in total. The molecule has 36 heavy (non-hydrogen) atoms. The zero-order valence-electron chi connectivity index (χ0n) is 20.4. The Hall–Kier alpha value is -3.58. The van der Waals surface area contributed by atoms with Crippen LogP contribution in [0.2, 0.25) is 0 Å². The number of hydrogen-bond acceptors (Lipinski definition) is 3. The average molecular weight is 493 g/mol. The van der Waals surface area contributed by atoms with Gasteiger partial charge in [-0.1, -0.05) is 30.3 Å². The van der Waals surface area contributed by atoms with Crippen molar-refractivity contribution in [3.8, 4) is 11.1 Å². The van der Waals surface area contributed by atoms with E-state index >= 15 is 8.78 Å². The van der Waals surface area contributed by atoms with Crippen molar-refractivity contribution in [2.75, 3.05) is 20.2 Å². The number of ether oxygens (including phenoxy) is 1. The quantitative estimate of drug-likeness (QED) is 0.320. The van der Waals surface area contributed by atoms with Crippen molar-refractivity contribution in [2.45, 2.75) is 32.0 Å². The Morgan fingerprint density at radius 3 is 2.36 bits per heavy atom. The summed E-state index contributed by atoms with van der Waals surface area (Å²) in [6.45, 7) is 3.45. The fourth-order valence-electron chi connectivity index (χ4n) is 5.20. The summed E-state index contributed by atoms with van der Waals surface area (Å²) in [5.41, 5.74) is 2.18. The number of hydrogen-bond donors (Lipinski definition) is 1. The Kier molecular flexibility index (Phi) is 6.12. The van der Waals surface area contributed by atoms with Gasteiger partial charge in [0.25, 0.3) is 0 Å².